The Hall–Kier alpha value is -0.200. The fourth-order valence-electron chi connectivity index (χ4n) is 2.82. The van der Waals surface area contributed by atoms with Gasteiger partial charge < -0.3 is 16.0 Å². The molecule has 5 heteroatoms. The summed E-state index contributed by atoms with van der Waals surface area (Å²) in [5.74, 6) is 0. The fraction of sp³-hybridized carbons (Fsp3) is 1.00. The molecule has 0 aliphatic carbocycles. The molecule has 0 radical (unpaired) electrons. The smallest absolute Gasteiger partial charge is 0.0110 e. The van der Waals surface area contributed by atoms with Crippen LogP contribution in [0.1, 0.15) is 55.4 Å². The van der Waals surface area contributed by atoms with Crippen molar-refractivity contribution in [3.05, 3.63) is 0 Å². The lowest BCUT2D eigenvalue weighted by molar-refractivity contribution is 0.207. The molecule has 0 spiro atoms. The SMILES string of the molecule is CC(C)NCCN(CCNCCN(CCNC(C)C)C(C)C)C(C)C. The summed E-state index contributed by atoms with van der Waals surface area (Å²) in [4.78, 5) is 5.10. The number of nitrogens with one attached hydrogen (secondary N) is 3. The molecule has 0 fully saturated rings. The Morgan fingerprint density at radius 1 is 0.520 bits per heavy atom. The van der Waals surface area contributed by atoms with E-state index in [0.29, 0.717) is 24.2 Å². The van der Waals surface area contributed by atoms with E-state index in [2.05, 4.69) is 81.1 Å². The van der Waals surface area contributed by atoms with Crippen LogP contribution in [0.25, 0.3) is 0 Å². The van der Waals surface area contributed by atoms with Crippen LogP contribution in [0.4, 0.5) is 0 Å². The van der Waals surface area contributed by atoms with E-state index in [9.17, 15) is 0 Å². The summed E-state index contributed by atoms with van der Waals surface area (Å²) in [6.07, 6.45) is 0. The monoisotopic (exact) mass is 357 g/mol. The Balaban J connectivity index is 3.93. The third-order valence-electron chi connectivity index (χ3n) is 4.52. The number of rotatable bonds is 16. The van der Waals surface area contributed by atoms with Gasteiger partial charge >= 0.3 is 0 Å². The molecule has 0 amide bonds. The van der Waals surface area contributed by atoms with E-state index in [-0.39, 0.29) is 0 Å². The molecule has 0 saturated carbocycles. The van der Waals surface area contributed by atoms with Gasteiger partial charge in [-0.1, -0.05) is 27.7 Å². The maximum Gasteiger partial charge on any atom is 0.0110 e. The first-order valence-corrected chi connectivity index (χ1v) is 10.4. The first-order valence-electron chi connectivity index (χ1n) is 10.4. The highest BCUT2D eigenvalue weighted by atomic mass is 15.2. The molecule has 0 saturated heterocycles. The average Bonchev–Trinajstić information content (AvgIpc) is 2.49. The molecule has 0 bridgehead atoms. The summed E-state index contributed by atoms with van der Waals surface area (Å²) in [5, 5.41) is 10.7. The van der Waals surface area contributed by atoms with Crippen molar-refractivity contribution in [2.24, 2.45) is 0 Å². The van der Waals surface area contributed by atoms with Crippen molar-refractivity contribution >= 4 is 0 Å². The molecule has 0 aromatic heterocycles. The molecule has 0 atom stereocenters. The largest absolute Gasteiger partial charge is 0.314 e. The third-order valence-corrected chi connectivity index (χ3v) is 4.52. The zero-order valence-electron chi connectivity index (χ0n) is 18.4. The van der Waals surface area contributed by atoms with Crippen LogP contribution in [0.5, 0.6) is 0 Å². The Bertz CT molecular complexity index is 264. The van der Waals surface area contributed by atoms with Crippen LogP contribution in [0.3, 0.4) is 0 Å². The Morgan fingerprint density at radius 2 is 0.840 bits per heavy atom. The van der Waals surface area contributed by atoms with Crippen molar-refractivity contribution in [2.75, 3.05) is 52.4 Å². The second-order valence-electron chi connectivity index (χ2n) is 8.23. The van der Waals surface area contributed by atoms with Gasteiger partial charge in [-0.2, -0.15) is 0 Å². The lowest BCUT2D eigenvalue weighted by Crippen LogP contribution is -2.44. The van der Waals surface area contributed by atoms with Crippen molar-refractivity contribution in [3.63, 3.8) is 0 Å². The van der Waals surface area contributed by atoms with Crippen LogP contribution in [0.2, 0.25) is 0 Å². The first kappa shape index (κ1) is 24.8. The summed E-state index contributed by atoms with van der Waals surface area (Å²) in [5.41, 5.74) is 0. The van der Waals surface area contributed by atoms with Gasteiger partial charge in [0.05, 0.1) is 0 Å². The molecule has 0 rings (SSSR count). The minimum atomic E-state index is 0.569. The number of hydrogen-bond acceptors (Lipinski definition) is 5. The molecule has 25 heavy (non-hydrogen) atoms. The van der Waals surface area contributed by atoms with Gasteiger partial charge in [0.25, 0.3) is 0 Å². The van der Waals surface area contributed by atoms with E-state index in [1.54, 1.807) is 0 Å². The average molecular weight is 358 g/mol. The van der Waals surface area contributed by atoms with Gasteiger partial charge in [-0.25, -0.2) is 0 Å². The summed E-state index contributed by atoms with van der Waals surface area (Å²) in [6.45, 7) is 26.7. The molecule has 152 valence electrons. The molecular formula is C20H47N5. The van der Waals surface area contributed by atoms with Crippen molar-refractivity contribution in [2.45, 2.75) is 79.6 Å². The van der Waals surface area contributed by atoms with E-state index in [1.165, 1.54) is 0 Å². The quantitative estimate of drug-likeness (QED) is 0.369. The normalized spacial score (nSPS) is 12.7. The molecule has 5 nitrogen and oxygen atoms in total. The first-order chi connectivity index (χ1) is 11.7. The summed E-state index contributed by atoms with van der Waals surface area (Å²) in [6, 6.07) is 2.34. The molecular weight excluding hydrogens is 310 g/mol. The summed E-state index contributed by atoms with van der Waals surface area (Å²) < 4.78 is 0. The highest BCUT2D eigenvalue weighted by Gasteiger charge is 2.10. The van der Waals surface area contributed by atoms with Crippen LogP contribution in [0, 0.1) is 0 Å². The van der Waals surface area contributed by atoms with Gasteiger partial charge in [0, 0.05) is 76.5 Å². The van der Waals surface area contributed by atoms with Crippen molar-refractivity contribution < 1.29 is 0 Å². The summed E-state index contributed by atoms with van der Waals surface area (Å²) in [7, 11) is 0. The number of nitrogens with zero attached hydrogens (tertiary/aromatic N) is 2. The van der Waals surface area contributed by atoms with Crippen LogP contribution >= 0.6 is 0 Å². The van der Waals surface area contributed by atoms with Crippen LogP contribution in [0.15, 0.2) is 0 Å². The lowest BCUT2D eigenvalue weighted by Gasteiger charge is -2.29. The molecule has 0 aromatic carbocycles. The number of hydrogen-bond donors (Lipinski definition) is 3. The van der Waals surface area contributed by atoms with E-state index < -0.39 is 0 Å². The van der Waals surface area contributed by atoms with Crippen LogP contribution < -0.4 is 16.0 Å². The second-order valence-corrected chi connectivity index (χ2v) is 8.23. The Morgan fingerprint density at radius 3 is 1.12 bits per heavy atom. The van der Waals surface area contributed by atoms with Crippen molar-refractivity contribution in [3.8, 4) is 0 Å². The van der Waals surface area contributed by atoms with E-state index in [4.69, 9.17) is 0 Å². The molecule has 0 aliphatic rings. The van der Waals surface area contributed by atoms with E-state index in [0.717, 1.165) is 52.4 Å². The summed E-state index contributed by atoms with van der Waals surface area (Å²) >= 11 is 0. The highest BCUT2D eigenvalue weighted by molar-refractivity contribution is 4.69. The van der Waals surface area contributed by atoms with Gasteiger partial charge in [-0.05, 0) is 27.7 Å². The molecule has 0 heterocycles. The van der Waals surface area contributed by atoms with Crippen molar-refractivity contribution in [1.82, 2.24) is 25.8 Å². The van der Waals surface area contributed by atoms with Crippen LogP contribution in [-0.4, -0.2) is 86.3 Å². The fourth-order valence-corrected chi connectivity index (χ4v) is 2.82. The topological polar surface area (TPSA) is 42.6 Å². The van der Waals surface area contributed by atoms with E-state index >= 15 is 0 Å². The minimum absolute atomic E-state index is 0.569. The maximum atomic E-state index is 3.63. The van der Waals surface area contributed by atoms with Gasteiger partial charge in [0.2, 0.25) is 0 Å². The minimum Gasteiger partial charge on any atom is -0.314 e. The lowest BCUT2D eigenvalue weighted by atomic mass is 10.3. The van der Waals surface area contributed by atoms with Gasteiger partial charge in [-0.3, -0.25) is 9.80 Å². The Labute approximate surface area is 158 Å². The van der Waals surface area contributed by atoms with Crippen LogP contribution in [-0.2, 0) is 0 Å². The van der Waals surface area contributed by atoms with Crippen molar-refractivity contribution in [1.29, 1.82) is 0 Å². The maximum absolute atomic E-state index is 3.63. The van der Waals surface area contributed by atoms with Gasteiger partial charge in [0.15, 0.2) is 0 Å². The predicted octanol–water partition coefficient (Wildman–Crippen LogP) is 1.99. The second kappa shape index (κ2) is 14.9. The standard InChI is InChI=1S/C20H47N5/c1-17(2)22-11-15-24(19(5)6)13-9-21-10-14-25(20(7)8)16-12-23-18(3)4/h17-23H,9-16H2,1-8H3. The molecule has 3 N–H and O–H groups in total. The molecule has 0 aliphatic heterocycles. The van der Waals surface area contributed by atoms with Gasteiger partial charge in [0.1, 0.15) is 0 Å². The molecule has 0 unspecified atom stereocenters. The Kier molecular flexibility index (Phi) is 14.8. The molecule has 0 aromatic rings. The predicted molar refractivity (Wildman–Crippen MR) is 113 cm³/mol. The zero-order valence-corrected chi connectivity index (χ0v) is 18.4. The highest BCUT2D eigenvalue weighted by Crippen LogP contribution is 1.98. The third kappa shape index (κ3) is 14.6. The van der Waals surface area contributed by atoms with Gasteiger partial charge in [-0.15, -0.1) is 0 Å². The zero-order chi connectivity index (χ0) is 19.2. The van der Waals surface area contributed by atoms with E-state index in [1.807, 2.05) is 0 Å².